The van der Waals surface area contributed by atoms with Gasteiger partial charge < -0.3 is 10.6 Å². The quantitative estimate of drug-likeness (QED) is 0.817. The lowest BCUT2D eigenvalue weighted by molar-refractivity contribution is -0.126. The summed E-state index contributed by atoms with van der Waals surface area (Å²) in [5.74, 6) is 0.227. The van der Waals surface area contributed by atoms with Crippen LogP contribution in [-0.4, -0.2) is 18.4 Å². The average molecular weight is 336 g/mol. The summed E-state index contributed by atoms with van der Waals surface area (Å²) in [5, 5.41) is 5.79. The van der Waals surface area contributed by atoms with Crippen molar-refractivity contribution in [3.8, 4) is 0 Å². The van der Waals surface area contributed by atoms with Gasteiger partial charge in [-0.1, -0.05) is 60.2 Å². The Labute approximate surface area is 148 Å². The maximum absolute atomic E-state index is 12.3. The van der Waals surface area contributed by atoms with Gasteiger partial charge in [0.1, 0.15) is 0 Å². The third-order valence-corrected chi connectivity index (χ3v) is 4.50. The highest BCUT2D eigenvalue weighted by Crippen LogP contribution is 2.40. The van der Waals surface area contributed by atoms with Gasteiger partial charge in [0.05, 0.1) is 19.0 Å². The molecule has 0 heterocycles. The third kappa shape index (κ3) is 5.18. The van der Waals surface area contributed by atoms with E-state index >= 15 is 0 Å². The molecule has 0 radical (unpaired) electrons. The smallest absolute Gasteiger partial charge is 0.239 e. The van der Waals surface area contributed by atoms with Gasteiger partial charge in [-0.25, -0.2) is 0 Å². The Bertz CT molecular complexity index is 721. The number of hydrogen-bond donors (Lipinski definition) is 2. The van der Waals surface area contributed by atoms with Crippen molar-refractivity contribution in [2.24, 2.45) is 5.92 Å². The number of amides is 2. The molecule has 1 unspecified atom stereocenters. The van der Waals surface area contributed by atoms with E-state index in [2.05, 4.69) is 41.8 Å². The van der Waals surface area contributed by atoms with Gasteiger partial charge in [-0.15, -0.1) is 0 Å². The van der Waals surface area contributed by atoms with Crippen LogP contribution in [0.4, 0.5) is 0 Å². The molecule has 0 bridgehead atoms. The number of aryl methyl sites for hydroxylation is 1. The predicted molar refractivity (Wildman–Crippen MR) is 97.9 cm³/mol. The van der Waals surface area contributed by atoms with E-state index in [9.17, 15) is 9.59 Å². The summed E-state index contributed by atoms with van der Waals surface area (Å²) in [6, 6.07) is 17.8. The molecular weight excluding hydrogens is 312 g/mol. The summed E-state index contributed by atoms with van der Waals surface area (Å²) in [4.78, 5) is 24.2. The van der Waals surface area contributed by atoms with Crippen molar-refractivity contribution < 1.29 is 9.59 Å². The molecule has 2 aromatic rings. The molecule has 0 aliphatic heterocycles. The first-order valence-electron chi connectivity index (χ1n) is 8.78. The Hall–Kier alpha value is -2.62. The highest BCUT2D eigenvalue weighted by molar-refractivity contribution is 5.85. The van der Waals surface area contributed by atoms with Crippen molar-refractivity contribution in [2.75, 3.05) is 6.54 Å². The molecule has 4 nitrogen and oxygen atoms in total. The van der Waals surface area contributed by atoms with Crippen LogP contribution < -0.4 is 10.6 Å². The van der Waals surface area contributed by atoms with E-state index in [1.165, 1.54) is 5.56 Å². The first-order valence-corrected chi connectivity index (χ1v) is 8.78. The minimum Gasteiger partial charge on any atom is -0.347 e. The predicted octanol–water partition coefficient (Wildman–Crippen LogP) is 2.92. The highest BCUT2D eigenvalue weighted by Gasteiger charge is 2.33. The summed E-state index contributed by atoms with van der Waals surface area (Å²) in [5.41, 5.74) is 3.28. The Balaban J connectivity index is 1.50. The normalized spacial score (nSPS) is 14.6. The average Bonchev–Trinajstić information content (AvgIpc) is 3.45. The minimum atomic E-state index is -0.140. The van der Waals surface area contributed by atoms with Gasteiger partial charge in [-0.2, -0.15) is 0 Å². The molecule has 1 saturated carbocycles. The molecule has 1 fully saturated rings. The van der Waals surface area contributed by atoms with Crippen LogP contribution in [0.2, 0.25) is 0 Å². The lowest BCUT2D eigenvalue weighted by Gasteiger charge is -2.19. The topological polar surface area (TPSA) is 58.2 Å². The van der Waals surface area contributed by atoms with E-state index in [-0.39, 0.29) is 30.8 Å². The van der Waals surface area contributed by atoms with Crippen LogP contribution in [0.1, 0.15) is 35.6 Å². The highest BCUT2D eigenvalue weighted by atomic mass is 16.2. The first kappa shape index (κ1) is 17.2. The van der Waals surface area contributed by atoms with E-state index in [0.29, 0.717) is 5.92 Å². The molecule has 0 saturated heterocycles. The fourth-order valence-electron chi connectivity index (χ4n) is 2.92. The standard InChI is InChI=1S/C21H24N2O2/c1-15-7-9-17(10-8-15)21(18-11-12-18)23-20(25)14-22-19(24)13-16-5-3-2-4-6-16/h2-10,18,21H,11-14H2,1H3,(H,22,24)(H,23,25). The Morgan fingerprint density at radius 2 is 1.68 bits per heavy atom. The van der Waals surface area contributed by atoms with Crippen LogP contribution in [0.3, 0.4) is 0 Å². The van der Waals surface area contributed by atoms with Crippen LogP contribution in [0.25, 0.3) is 0 Å². The van der Waals surface area contributed by atoms with E-state index in [0.717, 1.165) is 24.0 Å². The number of carbonyl (C=O) groups is 2. The summed E-state index contributed by atoms with van der Waals surface area (Å²) in [6.45, 7) is 2.07. The molecule has 2 aromatic carbocycles. The van der Waals surface area contributed by atoms with E-state index in [4.69, 9.17) is 0 Å². The van der Waals surface area contributed by atoms with Gasteiger partial charge >= 0.3 is 0 Å². The SMILES string of the molecule is Cc1ccc(C(NC(=O)CNC(=O)Cc2ccccc2)C2CC2)cc1. The Kier molecular flexibility index (Phi) is 5.49. The summed E-state index contributed by atoms with van der Waals surface area (Å²) >= 11 is 0. The fourth-order valence-corrected chi connectivity index (χ4v) is 2.92. The molecular formula is C21H24N2O2. The fraction of sp³-hybridized carbons (Fsp3) is 0.333. The van der Waals surface area contributed by atoms with Gasteiger partial charge in [-0.05, 0) is 36.8 Å². The van der Waals surface area contributed by atoms with Crippen LogP contribution in [0.15, 0.2) is 54.6 Å². The van der Waals surface area contributed by atoms with Crippen molar-refractivity contribution in [1.29, 1.82) is 0 Å². The third-order valence-electron chi connectivity index (χ3n) is 4.50. The second-order valence-corrected chi connectivity index (χ2v) is 6.73. The Morgan fingerprint density at radius 1 is 1.00 bits per heavy atom. The van der Waals surface area contributed by atoms with Crippen molar-refractivity contribution in [3.63, 3.8) is 0 Å². The monoisotopic (exact) mass is 336 g/mol. The van der Waals surface area contributed by atoms with E-state index in [1.807, 2.05) is 30.3 Å². The number of nitrogens with one attached hydrogen (secondary N) is 2. The molecule has 25 heavy (non-hydrogen) atoms. The molecule has 2 N–H and O–H groups in total. The van der Waals surface area contributed by atoms with Crippen LogP contribution in [0, 0.1) is 12.8 Å². The maximum atomic E-state index is 12.3. The first-order chi connectivity index (χ1) is 12.1. The van der Waals surface area contributed by atoms with Crippen LogP contribution in [-0.2, 0) is 16.0 Å². The van der Waals surface area contributed by atoms with Gasteiger partial charge in [0.25, 0.3) is 0 Å². The van der Waals surface area contributed by atoms with Crippen molar-refractivity contribution in [2.45, 2.75) is 32.2 Å². The molecule has 0 aromatic heterocycles. The van der Waals surface area contributed by atoms with Crippen molar-refractivity contribution in [1.82, 2.24) is 10.6 Å². The summed E-state index contributed by atoms with van der Waals surface area (Å²) < 4.78 is 0. The molecule has 1 atom stereocenters. The molecule has 2 amide bonds. The number of carbonyl (C=O) groups excluding carboxylic acids is 2. The number of rotatable bonds is 7. The number of hydrogen-bond acceptors (Lipinski definition) is 2. The molecule has 1 aliphatic rings. The molecule has 4 heteroatoms. The zero-order valence-electron chi connectivity index (χ0n) is 14.5. The van der Waals surface area contributed by atoms with Crippen LogP contribution >= 0.6 is 0 Å². The van der Waals surface area contributed by atoms with E-state index < -0.39 is 0 Å². The van der Waals surface area contributed by atoms with Crippen molar-refractivity contribution in [3.05, 3.63) is 71.3 Å². The van der Waals surface area contributed by atoms with Crippen LogP contribution in [0.5, 0.6) is 0 Å². The van der Waals surface area contributed by atoms with Gasteiger partial charge in [0, 0.05) is 0 Å². The summed E-state index contributed by atoms with van der Waals surface area (Å²) in [7, 11) is 0. The lowest BCUT2D eigenvalue weighted by atomic mass is 10.0. The largest absolute Gasteiger partial charge is 0.347 e. The lowest BCUT2D eigenvalue weighted by Crippen LogP contribution is -2.39. The van der Waals surface area contributed by atoms with Gasteiger partial charge in [0.15, 0.2) is 0 Å². The maximum Gasteiger partial charge on any atom is 0.239 e. The van der Waals surface area contributed by atoms with E-state index in [1.54, 1.807) is 0 Å². The zero-order chi connectivity index (χ0) is 17.6. The Morgan fingerprint density at radius 3 is 2.32 bits per heavy atom. The molecule has 0 spiro atoms. The van der Waals surface area contributed by atoms with Gasteiger partial charge in [-0.3, -0.25) is 9.59 Å². The van der Waals surface area contributed by atoms with Crippen molar-refractivity contribution >= 4 is 11.8 Å². The second-order valence-electron chi connectivity index (χ2n) is 6.73. The summed E-state index contributed by atoms with van der Waals surface area (Å²) in [6.07, 6.45) is 2.57. The minimum absolute atomic E-state index is 0.0146. The zero-order valence-corrected chi connectivity index (χ0v) is 14.5. The second kappa shape index (κ2) is 7.97. The van der Waals surface area contributed by atoms with Gasteiger partial charge in [0.2, 0.25) is 11.8 Å². The number of benzene rings is 2. The molecule has 1 aliphatic carbocycles. The molecule has 3 rings (SSSR count). The molecule has 130 valence electrons.